The second kappa shape index (κ2) is 4.88. The molecule has 0 fully saturated rings. The topological polar surface area (TPSA) is 73.6 Å². The normalized spacial score (nSPS) is 14.1. The van der Waals surface area contributed by atoms with Gasteiger partial charge >= 0.3 is 0 Å². The average Bonchev–Trinajstić information content (AvgIpc) is 3.05. The summed E-state index contributed by atoms with van der Waals surface area (Å²) in [4.78, 5) is 12.0. The lowest BCUT2D eigenvalue weighted by Gasteiger charge is -2.13. The van der Waals surface area contributed by atoms with Crippen LogP contribution in [0.25, 0.3) is 0 Å². The van der Waals surface area contributed by atoms with E-state index in [-0.39, 0.29) is 24.4 Å². The van der Waals surface area contributed by atoms with Gasteiger partial charge in [-0.25, -0.2) is 0 Å². The Morgan fingerprint density at radius 3 is 2.85 bits per heavy atom. The molecule has 3 rings (SSSR count). The SMILES string of the molecule is Cc1cc(C(=O)N[C@@H](C)c2ccc3c(c2)OCO3)no1. The number of ether oxygens (including phenoxy) is 2. The lowest BCUT2D eigenvalue weighted by atomic mass is 10.1. The third kappa shape index (κ3) is 2.32. The first-order valence-electron chi connectivity index (χ1n) is 6.27. The van der Waals surface area contributed by atoms with Crippen molar-refractivity contribution in [2.45, 2.75) is 19.9 Å². The predicted molar refractivity (Wildman–Crippen MR) is 69.7 cm³/mol. The number of fused-ring (bicyclic) bond motifs is 1. The number of hydrogen-bond donors (Lipinski definition) is 1. The number of rotatable bonds is 3. The molecule has 1 N–H and O–H groups in total. The summed E-state index contributed by atoms with van der Waals surface area (Å²) in [5.41, 5.74) is 1.21. The summed E-state index contributed by atoms with van der Waals surface area (Å²) in [7, 11) is 0. The van der Waals surface area contributed by atoms with Crippen LogP contribution in [0.15, 0.2) is 28.8 Å². The summed E-state index contributed by atoms with van der Waals surface area (Å²) >= 11 is 0. The maximum atomic E-state index is 12.0. The zero-order valence-electron chi connectivity index (χ0n) is 11.2. The smallest absolute Gasteiger partial charge is 0.273 e. The Bertz CT molecular complexity index is 650. The van der Waals surface area contributed by atoms with Crippen LogP contribution < -0.4 is 14.8 Å². The second-order valence-corrected chi connectivity index (χ2v) is 4.63. The highest BCUT2D eigenvalue weighted by Gasteiger charge is 2.18. The highest BCUT2D eigenvalue weighted by atomic mass is 16.7. The van der Waals surface area contributed by atoms with Gasteiger partial charge in [0.25, 0.3) is 5.91 Å². The van der Waals surface area contributed by atoms with Gasteiger partial charge in [0.2, 0.25) is 6.79 Å². The van der Waals surface area contributed by atoms with E-state index >= 15 is 0 Å². The van der Waals surface area contributed by atoms with Gasteiger partial charge < -0.3 is 19.3 Å². The first-order valence-corrected chi connectivity index (χ1v) is 6.27. The maximum Gasteiger partial charge on any atom is 0.273 e. The lowest BCUT2D eigenvalue weighted by molar-refractivity contribution is 0.0930. The van der Waals surface area contributed by atoms with Crippen molar-refractivity contribution in [2.24, 2.45) is 0 Å². The minimum absolute atomic E-state index is 0.172. The van der Waals surface area contributed by atoms with Crippen molar-refractivity contribution in [3.8, 4) is 11.5 Å². The molecule has 1 aromatic heterocycles. The molecule has 1 aromatic carbocycles. The van der Waals surface area contributed by atoms with Crippen molar-refractivity contribution in [2.75, 3.05) is 6.79 Å². The molecule has 0 aliphatic carbocycles. The Morgan fingerprint density at radius 1 is 1.30 bits per heavy atom. The molecular formula is C14H14N2O4. The molecule has 104 valence electrons. The van der Waals surface area contributed by atoms with Crippen LogP contribution in [0.5, 0.6) is 11.5 Å². The summed E-state index contributed by atoms with van der Waals surface area (Å²) in [6.07, 6.45) is 0. The number of amides is 1. The van der Waals surface area contributed by atoms with E-state index in [9.17, 15) is 4.79 Å². The number of aryl methyl sites for hydroxylation is 1. The van der Waals surface area contributed by atoms with Gasteiger partial charge in [0.1, 0.15) is 5.76 Å². The molecule has 0 unspecified atom stereocenters. The van der Waals surface area contributed by atoms with E-state index in [2.05, 4.69) is 10.5 Å². The fourth-order valence-electron chi connectivity index (χ4n) is 2.01. The molecule has 6 nitrogen and oxygen atoms in total. The van der Waals surface area contributed by atoms with Gasteiger partial charge in [-0.15, -0.1) is 0 Å². The molecule has 6 heteroatoms. The van der Waals surface area contributed by atoms with Crippen LogP contribution in [-0.4, -0.2) is 17.9 Å². The predicted octanol–water partition coefficient (Wildman–Crippen LogP) is 2.20. The van der Waals surface area contributed by atoms with Gasteiger partial charge in [-0.1, -0.05) is 11.2 Å². The van der Waals surface area contributed by atoms with E-state index in [1.54, 1.807) is 13.0 Å². The Hall–Kier alpha value is -2.50. The number of nitrogens with one attached hydrogen (secondary N) is 1. The van der Waals surface area contributed by atoms with Gasteiger partial charge in [-0.2, -0.15) is 0 Å². The van der Waals surface area contributed by atoms with Crippen molar-refractivity contribution >= 4 is 5.91 Å². The minimum atomic E-state index is -0.271. The number of nitrogens with zero attached hydrogens (tertiary/aromatic N) is 1. The third-order valence-electron chi connectivity index (χ3n) is 3.10. The average molecular weight is 274 g/mol. The third-order valence-corrected chi connectivity index (χ3v) is 3.10. The molecule has 0 bridgehead atoms. The number of benzene rings is 1. The molecule has 1 aliphatic heterocycles. The van der Waals surface area contributed by atoms with Gasteiger partial charge in [0, 0.05) is 6.07 Å². The quantitative estimate of drug-likeness (QED) is 0.928. The number of carbonyl (C=O) groups excluding carboxylic acids is 1. The number of carbonyl (C=O) groups is 1. The summed E-state index contributed by atoms with van der Waals surface area (Å²) in [5.74, 6) is 1.75. The molecule has 2 aromatic rings. The molecule has 0 saturated carbocycles. The Morgan fingerprint density at radius 2 is 2.10 bits per heavy atom. The second-order valence-electron chi connectivity index (χ2n) is 4.63. The van der Waals surface area contributed by atoms with E-state index in [0.717, 1.165) is 11.3 Å². The van der Waals surface area contributed by atoms with E-state index in [1.807, 2.05) is 25.1 Å². The molecule has 1 atom stereocenters. The van der Waals surface area contributed by atoms with Crippen LogP contribution in [0.3, 0.4) is 0 Å². The Balaban J connectivity index is 1.73. The maximum absolute atomic E-state index is 12.0. The molecule has 2 heterocycles. The van der Waals surface area contributed by atoms with Crippen molar-refractivity contribution < 1.29 is 18.8 Å². The van der Waals surface area contributed by atoms with Gasteiger partial charge in [0.15, 0.2) is 17.2 Å². The first-order chi connectivity index (χ1) is 9.63. The van der Waals surface area contributed by atoms with E-state index in [4.69, 9.17) is 14.0 Å². The highest BCUT2D eigenvalue weighted by Crippen LogP contribution is 2.34. The van der Waals surface area contributed by atoms with Crippen molar-refractivity contribution in [1.82, 2.24) is 10.5 Å². The van der Waals surface area contributed by atoms with Crippen LogP contribution in [0, 0.1) is 6.92 Å². The number of hydrogen-bond acceptors (Lipinski definition) is 5. The van der Waals surface area contributed by atoms with Crippen molar-refractivity contribution in [3.63, 3.8) is 0 Å². The van der Waals surface area contributed by atoms with E-state index < -0.39 is 0 Å². The van der Waals surface area contributed by atoms with Crippen molar-refractivity contribution in [1.29, 1.82) is 0 Å². The van der Waals surface area contributed by atoms with Gasteiger partial charge in [-0.05, 0) is 31.5 Å². The highest BCUT2D eigenvalue weighted by molar-refractivity contribution is 5.92. The number of aromatic nitrogens is 1. The zero-order valence-corrected chi connectivity index (χ0v) is 11.2. The molecule has 1 aliphatic rings. The summed E-state index contributed by atoms with van der Waals surface area (Å²) < 4.78 is 15.5. The molecule has 0 saturated heterocycles. The molecule has 1 amide bonds. The fraction of sp³-hybridized carbons (Fsp3) is 0.286. The zero-order chi connectivity index (χ0) is 14.1. The van der Waals surface area contributed by atoms with Gasteiger partial charge in [0.05, 0.1) is 6.04 Å². The Kier molecular flexibility index (Phi) is 3.06. The van der Waals surface area contributed by atoms with E-state index in [0.29, 0.717) is 11.5 Å². The van der Waals surface area contributed by atoms with Crippen LogP contribution in [0.1, 0.15) is 34.8 Å². The minimum Gasteiger partial charge on any atom is -0.454 e. The fourth-order valence-corrected chi connectivity index (χ4v) is 2.01. The molecule has 0 radical (unpaired) electrons. The van der Waals surface area contributed by atoms with Crippen LogP contribution in [0.4, 0.5) is 0 Å². The molecule has 20 heavy (non-hydrogen) atoms. The molecule has 0 spiro atoms. The summed E-state index contributed by atoms with van der Waals surface area (Å²) in [5, 5.41) is 6.55. The standard InChI is InChI=1S/C14H14N2O4/c1-8-5-11(16-20-8)14(17)15-9(2)10-3-4-12-13(6-10)19-7-18-12/h3-6,9H,7H2,1-2H3,(H,15,17)/t9-/m0/s1. The van der Waals surface area contributed by atoms with Crippen molar-refractivity contribution in [3.05, 3.63) is 41.3 Å². The van der Waals surface area contributed by atoms with Crippen LogP contribution in [-0.2, 0) is 0 Å². The van der Waals surface area contributed by atoms with Crippen LogP contribution >= 0.6 is 0 Å². The summed E-state index contributed by atoms with van der Waals surface area (Å²) in [6.45, 7) is 3.87. The van der Waals surface area contributed by atoms with Crippen LogP contribution in [0.2, 0.25) is 0 Å². The van der Waals surface area contributed by atoms with Gasteiger partial charge in [-0.3, -0.25) is 4.79 Å². The first kappa shape index (κ1) is 12.5. The largest absolute Gasteiger partial charge is 0.454 e. The Labute approximate surface area is 115 Å². The molecular weight excluding hydrogens is 260 g/mol. The summed E-state index contributed by atoms with van der Waals surface area (Å²) in [6, 6.07) is 7.02. The monoisotopic (exact) mass is 274 g/mol. The van der Waals surface area contributed by atoms with E-state index in [1.165, 1.54) is 0 Å². The lowest BCUT2D eigenvalue weighted by Crippen LogP contribution is -2.26.